The molecule has 86 valence electrons. The summed E-state index contributed by atoms with van der Waals surface area (Å²) in [5.74, 6) is 0. The number of hydrogen-bond acceptors (Lipinski definition) is 4. The van der Waals surface area contributed by atoms with Crippen molar-refractivity contribution in [2.24, 2.45) is 5.16 Å². The third kappa shape index (κ3) is 1.60. The number of oxime groups is 1. The van der Waals surface area contributed by atoms with Gasteiger partial charge in [-0.05, 0) is 25.1 Å². The van der Waals surface area contributed by atoms with Gasteiger partial charge in [0.25, 0.3) is 0 Å². The molecule has 0 aromatic heterocycles. The van der Waals surface area contributed by atoms with Crippen LogP contribution in [0.2, 0.25) is 5.02 Å². The van der Waals surface area contributed by atoms with E-state index in [1.165, 1.54) is 18.2 Å². The van der Waals surface area contributed by atoms with E-state index < -0.39 is 15.1 Å². The number of sulfone groups is 1. The fraction of sp³-hybridized carbons (Fsp3) is 0.300. The van der Waals surface area contributed by atoms with Crippen molar-refractivity contribution in [3.05, 3.63) is 28.8 Å². The monoisotopic (exact) mass is 259 g/mol. The SMILES string of the molecule is CC1C/C(=N\O)c2cc(Cl)ccc2S1(=O)=O. The van der Waals surface area contributed by atoms with Crippen molar-refractivity contribution in [2.75, 3.05) is 0 Å². The summed E-state index contributed by atoms with van der Waals surface area (Å²) in [6, 6.07) is 4.48. The molecule has 6 heteroatoms. The van der Waals surface area contributed by atoms with E-state index in [-0.39, 0.29) is 11.3 Å². The van der Waals surface area contributed by atoms with Crippen molar-refractivity contribution < 1.29 is 13.6 Å². The highest BCUT2D eigenvalue weighted by Gasteiger charge is 2.34. The molecule has 0 spiro atoms. The molecule has 1 aliphatic rings. The molecule has 1 aliphatic heterocycles. The number of hydrogen-bond donors (Lipinski definition) is 1. The van der Waals surface area contributed by atoms with Crippen LogP contribution in [0.15, 0.2) is 28.3 Å². The second kappa shape index (κ2) is 3.75. The lowest BCUT2D eigenvalue weighted by Gasteiger charge is -2.22. The summed E-state index contributed by atoms with van der Waals surface area (Å²) in [6.45, 7) is 1.60. The Morgan fingerprint density at radius 1 is 1.50 bits per heavy atom. The molecule has 1 N–H and O–H groups in total. The standard InChI is InChI=1S/C10H10ClNO3S/c1-6-4-9(12-13)8-5-7(11)2-3-10(8)16(6,14)15/h2-3,5-6,13H,4H2,1H3/b12-9+. The fourth-order valence-corrected chi connectivity index (χ4v) is 3.50. The zero-order valence-electron chi connectivity index (χ0n) is 8.51. The van der Waals surface area contributed by atoms with Crippen molar-refractivity contribution in [1.29, 1.82) is 0 Å². The normalized spacial score (nSPS) is 25.4. The summed E-state index contributed by atoms with van der Waals surface area (Å²) in [5.41, 5.74) is 0.757. The summed E-state index contributed by atoms with van der Waals surface area (Å²) in [6.07, 6.45) is 0.201. The molecule has 1 heterocycles. The first-order valence-corrected chi connectivity index (χ1v) is 6.64. The van der Waals surface area contributed by atoms with E-state index in [2.05, 4.69) is 5.16 Å². The highest BCUT2D eigenvalue weighted by Crippen LogP contribution is 2.31. The first kappa shape index (κ1) is 11.4. The van der Waals surface area contributed by atoms with Crippen LogP contribution in [0.4, 0.5) is 0 Å². The number of rotatable bonds is 0. The van der Waals surface area contributed by atoms with Crippen molar-refractivity contribution in [3.63, 3.8) is 0 Å². The number of halogens is 1. The van der Waals surface area contributed by atoms with Gasteiger partial charge < -0.3 is 5.21 Å². The second-order valence-electron chi connectivity index (χ2n) is 3.75. The van der Waals surface area contributed by atoms with Crippen LogP contribution in [-0.2, 0) is 9.84 Å². The predicted octanol–water partition coefficient (Wildman–Crippen LogP) is 2.08. The third-order valence-electron chi connectivity index (χ3n) is 2.69. The molecular formula is C10H10ClNO3S. The summed E-state index contributed by atoms with van der Waals surface area (Å²) in [7, 11) is -3.33. The average molecular weight is 260 g/mol. The lowest BCUT2D eigenvalue weighted by Crippen LogP contribution is -2.29. The Morgan fingerprint density at radius 2 is 2.19 bits per heavy atom. The fourth-order valence-electron chi connectivity index (χ4n) is 1.78. The Balaban J connectivity index is 2.77. The first-order valence-electron chi connectivity index (χ1n) is 4.71. The highest BCUT2D eigenvalue weighted by atomic mass is 35.5. The summed E-state index contributed by atoms with van der Waals surface area (Å²) in [5, 5.41) is 11.9. The van der Waals surface area contributed by atoms with E-state index >= 15 is 0 Å². The van der Waals surface area contributed by atoms with E-state index in [1.54, 1.807) is 6.92 Å². The first-order chi connectivity index (χ1) is 7.46. The molecule has 0 aliphatic carbocycles. The van der Waals surface area contributed by atoms with Crippen LogP contribution in [0.5, 0.6) is 0 Å². The van der Waals surface area contributed by atoms with Crippen LogP contribution in [0, 0.1) is 0 Å². The van der Waals surface area contributed by atoms with Crippen molar-refractivity contribution in [1.82, 2.24) is 0 Å². The Kier molecular flexibility index (Phi) is 2.67. The van der Waals surface area contributed by atoms with Gasteiger partial charge in [0, 0.05) is 17.0 Å². The lowest BCUT2D eigenvalue weighted by atomic mass is 10.1. The number of benzene rings is 1. The lowest BCUT2D eigenvalue weighted by molar-refractivity contribution is 0.317. The molecule has 4 nitrogen and oxygen atoms in total. The molecule has 0 amide bonds. The van der Waals surface area contributed by atoms with Crippen LogP contribution in [0.25, 0.3) is 0 Å². The maximum Gasteiger partial charge on any atom is 0.182 e. The minimum absolute atomic E-state index is 0.184. The molecule has 1 aromatic carbocycles. The highest BCUT2D eigenvalue weighted by molar-refractivity contribution is 7.92. The van der Waals surface area contributed by atoms with E-state index in [4.69, 9.17) is 16.8 Å². The second-order valence-corrected chi connectivity index (χ2v) is 6.52. The molecule has 1 atom stereocenters. The van der Waals surface area contributed by atoms with Gasteiger partial charge in [0.1, 0.15) is 0 Å². The third-order valence-corrected chi connectivity index (χ3v) is 5.12. The van der Waals surface area contributed by atoms with E-state index in [0.29, 0.717) is 16.3 Å². The zero-order chi connectivity index (χ0) is 11.9. The largest absolute Gasteiger partial charge is 0.411 e. The van der Waals surface area contributed by atoms with Crippen LogP contribution in [-0.4, -0.2) is 24.6 Å². The van der Waals surface area contributed by atoms with Crippen LogP contribution in [0.3, 0.4) is 0 Å². The van der Waals surface area contributed by atoms with Crippen molar-refractivity contribution >= 4 is 27.1 Å². The maximum absolute atomic E-state index is 12.0. The Labute approximate surface area is 98.5 Å². The average Bonchev–Trinajstić information content (AvgIpc) is 2.23. The molecule has 1 aromatic rings. The Hall–Kier alpha value is -1.07. The van der Waals surface area contributed by atoms with Gasteiger partial charge in [-0.3, -0.25) is 0 Å². The number of nitrogens with zero attached hydrogens (tertiary/aromatic N) is 1. The summed E-state index contributed by atoms with van der Waals surface area (Å²) >= 11 is 5.80. The van der Waals surface area contributed by atoms with Crippen LogP contribution < -0.4 is 0 Å². The molecule has 1 unspecified atom stereocenters. The quantitative estimate of drug-likeness (QED) is 0.573. The van der Waals surface area contributed by atoms with Crippen molar-refractivity contribution in [3.8, 4) is 0 Å². The molecule has 0 radical (unpaired) electrons. The van der Waals surface area contributed by atoms with Gasteiger partial charge in [-0.1, -0.05) is 16.8 Å². The molecule has 2 rings (SSSR count). The molecule has 0 saturated carbocycles. The molecule has 0 fully saturated rings. The number of fused-ring (bicyclic) bond motifs is 1. The van der Waals surface area contributed by atoms with E-state index in [0.717, 1.165) is 0 Å². The van der Waals surface area contributed by atoms with Crippen LogP contribution in [0.1, 0.15) is 18.9 Å². The summed E-state index contributed by atoms with van der Waals surface area (Å²) < 4.78 is 24.0. The van der Waals surface area contributed by atoms with Gasteiger partial charge in [-0.25, -0.2) is 8.42 Å². The molecular weight excluding hydrogens is 250 g/mol. The smallest absolute Gasteiger partial charge is 0.182 e. The van der Waals surface area contributed by atoms with Gasteiger partial charge >= 0.3 is 0 Å². The van der Waals surface area contributed by atoms with Gasteiger partial charge in [-0.2, -0.15) is 0 Å². The Bertz CT molecular complexity index is 565. The minimum atomic E-state index is -3.33. The topological polar surface area (TPSA) is 66.7 Å². The zero-order valence-corrected chi connectivity index (χ0v) is 10.1. The van der Waals surface area contributed by atoms with Gasteiger partial charge in [0.2, 0.25) is 0 Å². The molecule has 0 saturated heterocycles. The predicted molar refractivity (Wildman–Crippen MR) is 61.0 cm³/mol. The van der Waals surface area contributed by atoms with Crippen LogP contribution >= 0.6 is 11.6 Å². The van der Waals surface area contributed by atoms with E-state index in [1.807, 2.05) is 0 Å². The maximum atomic E-state index is 12.0. The Morgan fingerprint density at radius 3 is 2.81 bits per heavy atom. The van der Waals surface area contributed by atoms with Gasteiger partial charge in [0.05, 0.1) is 15.9 Å². The van der Waals surface area contributed by atoms with Gasteiger partial charge in [-0.15, -0.1) is 0 Å². The van der Waals surface area contributed by atoms with E-state index in [9.17, 15) is 8.42 Å². The van der Waals surface area contributed by atoms with Crippen molar-refractivity contribution in [2.45, 2.75) is 23.5 Å². The minimum Gasteiger partial charge on any atom is -0.411 e. The molecule has 0 bridgehead atoms. The molecule has 16 heavy (non-hydrogen) atoms. The van der Waals surface area contributed by atoms with Gasteiger partial charge in [0.15, 0.2) is 9.84 Å². The summed E-state index contributed by atoms with van der Waals surface area (Å²) in [4.78, 5) is 0.184.